The zero-order chi connectivity index (χ0) is 9.64. The van der Waals surface area contributed by atoms with Gasteiger partial charge >= 0.3 is 0 Å². The summed E-state index contributed by atoms with van der Waals surface area (Å²) in [7, 11) is 0. The highest BCUT2D eigenvalue weighted by Crippen LogP contribution is 2.11. The molecule has 1 aliphatic rings. The Morgan fingerprint density at radius 1 is 1.14 bits per heavy atom. The molecule has 1 nitrogen and oxygen atoms in total. The maximum Gasteiger partial charge on any atom is 0.0379 e. The summed E-state index contributed by atoms with van der Waals surface area (Å²) in [5.41, 5.74) is 2.46. The Labute approximate surface area is 84.5 Å². The van der Waals surface area contributed by atoms with E-state index in [0.717, 1.165) is 12.1 Å². The van der Waals surface area contributed by atoms with E-state index in [1.165, 1.54) is 5.57 Å². The molecular formula is C13H13N. The van der Waals surface area contributed by atoms with Crippen molar-refractivity contribution in [2.75, 3.05) is 5.32 Å². The minimum absolute atomic E-state index is 1.05. The van der Waals surface area contributed by atoms with Crippen molar-refractivity contribution in [3.8, 4) is 0 Å². The van der Waals surface area contributed by atoms with Gasteiger partial charge in [-0.3, -0.25) is 0 Å². The first kappa shape index (κ1) is 8.82. The predicted molar refractivity (Wildman–Crippen MR) is 61.0 cm³/mol. The molecule has 0 spiro atoms. The molecular weight excluding hydrogens is 170 g/mol. The number of hydrogen-bond acceptors (Lipinski definition) is 1. The van der Waals surface area contributed by atoms with Crippen LogP contribution in [0.1, 0.15) is 6.42 Å². The number of rotatable bonds is 3. The molecule has 1 N–H and O–H groups in total. The Hall–Kier alpha value is -1.76. The molecule has 0 fully saturated rings. The van der Waals surface area contributed by atoms with E-state index >= 15 is 0 Å². The highest BCUT2D eigenvalue weighted by molar-refractivity contribution is 5.46. The number of anilines is 1. The van der Waals surface area contributed by atoms with E-state index in [0.29, 0.717) is 0 Å². The van der Waals surface area contributed by atoms with Gasteiger partial charge in [-0.15, -0.1) is 0 Å². The quantitative estimate of drug-likeness (QED) is 0.756. The van der Waals surface area contributed by atoms with E-state index in [4.69, 9.17) is 0 Å². The molecule has 1 aromatic carbocycles. The minimum atomic E-state index is 1.05. The molecule has 0 amide bonds. The van der Waals surface area contributed by atoms with Gasteiger partial charge in [-0.2, -0.15) is 0 Å². The molecule has 0 heterocycles. The van der Waals surface area contributed by atoms with Crippen LogP contribution in [-0.4, -0.2) is 0 Å². The highest BCUT2D eigenvalue weighted by atomic mass is 14.8. The molecule has 0 bridgehead atoms. The van der Waals surface area contributed by atoms with Crippen molar-refractivity contribution in [3.63, 3.8) is 0 Å². The van der Waals surface area contributed by atoms with E-state index in [2.05, 4.69) is 29.6 Å². The van der Waals surface area contributed by atoms with Crippen molar-refractivity contribution >= 4 is 5.69 Å². The second kappa shape index (κ2) is 4.47. The lowest BCUT2D eigenvalue weighted by Crippen LogP contribution is -1.86. The van der Waals surface area contributed by atoms with Gasteiger partial charge in [0.2, 0.25) is 0 Å². The van der Waals surface area contributed by atoms with Crippen LogP contribution in [0.4, 0.5) is 5.69 Å². The van der Waals surface area contributed by atoms with E-state index < -0.39 is 0 Å². The summed E-state index contributed by atoms with van der Waals surface area (Å²) in [6.07, 6.45) is 11.5. The van der Waals surface area contributed by atoms with Crippen LogP contribution in [0.5, 0.6) is 0 Å². The van der Waals surface area contributed by atoms with Gasteiger partial charge in [0, 0.05) is 11.9 Å². The van der Waals surface area contributed by atoms with Crippen LogP contribution in [0.3, 0.4) is 0 Å². The summed E-state index contributed by atoms with van der Waals surface area (Å²) in [5, 5.41) is 3.22. The molecule has 1 heteroatoms. The lowest BCUT2D eigenvalue weighted by Gasteiger charge is -1.98. The summed E-state index contributed by atoms with van der Waals surface area (Å²) in [4.78, 5) is 0. The molecule has 1 aromatic rings. The molecule has 0 radical (unpaired) electrons. The monoisotopic (exact) mass is 183 g/mol. The minimum Gasteiger partial charge on any atom is -0.362 e. The number of nitrogens with one attached hydrogen (secondary N) is 1. The highest BCUT2D eigenvalue weighted by Gasteiger charge is 1.92. The van der Waals surface area contributed by atoms with Crippen LogP contribution < -0.4 is 5.32 Å². The van der Waals surface area contributed by atoms with Crippen LogP contribution in [0.25, 0.3) is 0 Å². The van der Waals surface area contributed by atoms with Gasteiger partial charge in [-0.1, -0.05) is 36.4 Å². The molecule has 0 unspecified atom stereocenters. The zero-order valence-corrected chi connectivity index (χ0v) is 7.98. The van der Waals surface area contributed by atoms with Crippen molar-refractivity contribution < 1.29 is 0 Å². The summed E-state index contributed by atoms with van der Waals surface area (Å²) in [6.45, 7) is 0. The number of para-hydroxylation sites is 1. The number of allylic oxidation sites excluding steroid dienone is 5. The Bertz CT molecular complexity index is 371. The first-order valence-corrected chi connectivity index (χ1v) is 4.79. The van der Waals surface area contributed by atoms with E-state index in [-0.39, 0.29) is 0 Å². The smallest absolute Gasteiger partial charge is 0.0379 e. The molecule has 0 atom stereocenters. The van der Waals surface area contributed by atoms with Crippen molar-refractivity contribution in [1.29, 1.82) is 0 Å². The van der Waals surface area contributed by atoms with Gasteiger partial charge in [0.15, 0.2) is 0 Å². The molecule has 0 saturated heterocycles. The molecule has 14 heavy (non-hydrogen) atoms. The average Bonchev–Trinajstić information content (AvgIpc) is 2.72. The van der Waals surface area contributed by atoms with Crippen LogP contribution in [-0.2, 0) is 0 Å². The third kappa shape index (κ3) is 2.36. The molecule has 0 aromatic heterocycles. The van der Waals surface area contributed by atoms with Crippen molar-refractivity contribution in [2.24, 2.45) is 0 Å². The van der Waals surface area contributed by atoms with E-state index in [9.17, 15) is 0 Å². The zero-order valence-electron chi connectivity index (χ0n) is 7.98. The normalized spacial score (nSPS) is 14.7. The van der Waals surface area contributed by atoms with Crippen molar-refractivity contribution in [3.05, 3.63) is 66.4 Å². The Kier molecular flexibility index (Phi) is 2.82. The van der Waals surface area contributed by atoms with Crippen molar-refractivity contribution in [1.82, 2.24) is 0 Å². The molecule has 70 valence electrons. The summed E-state index contributed by atoms with van der Waals surface area (Å²) >= 11 is 0. The average molecular weight is 183 g/mol. The predicted octanol–water partition coefficient (Wildman–Crippen LogP) is 3.50. The summed E-state index contributed by atoms with van der Waals surface area (Å²) < 4.78 is 0. The molecule has 2 rings (SSSR count). The fourth-order valence-electron chi connectivity index (χ4n) is 1.37. The summed E-state index contributed by atoms with van der Waals surface area (Å²) in [5.74, 6) is 0. The maximum atomic E-state index is 3.22. The SMILES string of the molecule is C1=CCC(C=CNc2ccccc2)=C1. The number of benzene rings is 1. The fraction of sp³-hybridized carbons (Fsp3) is 0.0769. The van der Waals surface area contributed by atoms with Gasteiger partial charge in [-0.25, -0.2) is 0 Å². The first-order chi connectivity index (χ1) is 6.95. The van der Waals surface area contributed by atoms with Crippen molar-refractivity contribution in [2.45, 2.75) is 6.42 Å². The van der Waals surface area contributed by atoms with Gasteiger partial charge in [0.25, 0.3) is 0 Å². The van der Waals surface area contributed by atoms with Crippen LogP contribution in [0, 0.1) is 0 Å². The molecule has 1 aliphatic carbocycles. The standard InChI is InChI=1S/C13H13N/c1-2-8-13(9-3-1)14-11-10-12-6-4-5-7-12/h1-6,8-11,14H,7H2. The van der Waals surface area contributed by atoms with E-state index in [1.54, 1.807) is 0 Å². The van der Waals surface area contributed by atoms with Crippen LogP contribution in [0.2, 0.25) is 0 Å². The Balaban J connectivity index is 1.88. The topological polar surface area (TPSA) is 12.0 Å². The van der Waals surface area contributed by atoms with Gasteiger partial charge < -0.3 is 5.32 Å². The summed E-state index contributed by atoms with van der Waals surface area (Å²) in [6, 6.07) is 10.1. The molecule has 0 aliphatic heterocycles. The second-order valence-electron chi connectivity index (χ2n) is 3.22. The molecule has 0 saturated carbocycles. The second-order valence-corrected chi connectivity index (χ2v) is 3.22. The van der Waals surface area contributed by atoms with Crippen LogP contribution in [0.15, 0.2) is 66.4 Å². The van der Waals surface area contributed by atoms with Crippen LogP contribution >= 0.6 is 0 Å². The van der Waals surface area contributed by atoms with Gasteiger partial charge in [-0.05, 0) is 30.2 Å². The lowest BCUT2D eigenvalue weighted by atomic mass is 10.2. The van der Waals surface area contributed by atoms with Gasteiger partial charge in [0.05, 0.1) is 0 Å². The Morgan fingerprint density at radius 3 is 2.71 bits per heavy atom. The third-order valence-corrected chi connectivity index (χ3v) is 2.12. The van der Waals surface area contributed by atoms with Gasteiger partial charge in [0.1, 0.15) is 0 Å². The third-order valence-electron chi connectivity index (χ3n) is 2.12. The van der Waals surface area contributed by atoms with E-state index in [1.807, 2.05) is 36.5 Å². The fourth-order valence-corrected chi connectivity index (χ4v) is 1.37. The lowest BCUT2D eigenvalue weighted by molar-refractivity contribution is 1.33. The maximum absolute atomic E-state index is 3.22. The number of hydrogen-bond donors (Lipinski definition) is 1. The first-order valence-electron chi connectivity index (χ1n) is 4.79. The largest absolute Gasteiger partial charge is 0.362 e. The Morgan fingerprint density at radius 2 is 2.00 bits per heavy atom.